The zero-order chi connectivity index (χ0) is 20.3. The third-order valence-electron chi connectivity index (χ3n) is 3.70. The van der Waals surface area contributed by atoms with Crippen LogP contribution in [0.4, 0.5) is 21.5 Å². The second-order valence-corrected chi connectivity index (χ2v) is 5.50. The minimum atomic E-state index is -0.846. The number of aromatic nitrogens is 1. The van der Waals surface area contributed by atoms with Crippen molar-refractivity contribution < 1.29 is 23.8 Å². The number of ether oxygens (including phenoxy) is 1. The van der Waals surface area contributed by atoms with Gasteiger partial charge in [-0.05, 0) is 24.3 Å². The van der Waals surface area contributed by atoms with E-state index < -0.39 is 28.2 Å². The number of non-ortho nitro benzene ring substituents is 2. The third kappa shape index (κ3) is 3.82. The van der Waals surface area contributed by atoms with Crippen LogP contribution < -0.4 is 10.1 Å². The number of carbonyl (C=O) groups excluding carboxylic acids is 1. The number of rotatable bonds is 6. The van der Waals surface area contributed by atoms with Gasteiger partial charge in [0.2, 0.25) is 0 Å². The van der Waals surface area contributed by atoms with E-state index in [9.17, 15) is 29.4 Å². The Kier molecular flexibility index (Phi) is 5.07. The molecule has 1 N–H and O–H groups in total. The zero-order valence-corrected chi connectivity index (χ0v) is 14.0. The molecule has 0 atom stereocenters. The van der Waals surface area contributed by atoms with Crippen LogP contribution in [0.25, 0.3) is 10.9 Å². The Bertz CT molecular complexity index is 1100. The lowest BCUT2D eigenvalue weighted by Gasteiger charge is -2.10. The Balaban J connectivity index is 1.77. The van der Waals surface area contributed by atoms with Crippen LogP contribution in [0.3, 0.4) is 0 Å². The van der Waals surface area contributed by atoms with Gasteiger partial charge in [0.05, 0.1) is 20.9 Å². The van der Waals surface area contributed by atoms with E-state index >= 15 is 0 Å². The summed E-state index contributed by atoms with van der Waals surface area (Å²) in [5.74, 6) is -1.50. The van der Waals surface area contributed by atoms with Crippen LogP contribution in [-0.4, -0.2) is 27.3 Å². The molecule has 0 fully saturated rings. The van der Waals surface area contributed by atoms with Crippen LogP contribution in [0.1, 0.15) is 0 Å². The standard InChI is InChI=1S/C17H11FN4O6/c18-12-4-3-10(21(24)25)8-13(12)20-16(23)9-28-15-6-5-14(22(26)27)11-2-1-7-19-17(11)15/h1-8H,9H2,(H,20,23). The van der Waals surface area contributed by atoms with Gasteiger partial charge < -0.3 is 10.1 Å². The summed E-state index contributed by atoms with van der Waals surface area (Å²) in [6, 6.07) is 8.25. The molecule has 1 amide bonds. The van der Waals surface area contributed by atoms with Gasteiger partial charge in [0.1, 0.15) is 17.1 Å². The number of hydrogen-bond donors (Lipinski definition) is 1. The minimum Gasteiger partial charge on any atom is -0.481 e. The van der Waals surface area contributed by atoms with Gasteiger partial charge in [0, 0.05) is 24.4 Å². The van der Waals surface area contributed by atoms with Crippen LogP contribution >= 0.6 is 0 Å². The van der Waals surface area contributed by atoms with Gasteiger partial charge in [-0.15, -0.1) is 0 Å². The topological polar surface area (TPSA) is 138 Å². The Morgan fingerprint density at radius 1 is 1.14 bits per heavy atom. The summed E-state index contributed by atoms with van der Waals surface area (Å²) < 4.78 is 19.1. The largest absolute Gasteiger partial charge is 0.481 e. The predicted molar refractivity (Wildman–Crippen MR) is 95.6 cm³/mol. The fourth-order valence-electron chi connectivity index (χ4n) is 2.46. The molecule has 2 aromatic carbocycles. The molecule has 0 unspecified atom stereocenters. The molecule has 0 radical (unpaired) electrons. The number of carbonyl (C=O) groups is 1. The number of nitrogens with zero attached hydrogens (tertiary/aromatic N) is 3. The van der Waals surface area contributed by atoms with Crippen LogP contribution in [-0.2, 0) is 4.79 Å². The van der Waals surface area contributed by atoms with Gasteiger partial charge in [-0.3, -0.25) is 30.0 Å². The lowest BCUT2D eigenvalue weighted by molar-refractivity contribution is -0.384. The van der Waals surface area contributed by atoms with Crippen LogP contribution in [0.5, 0.6) is 5.75 Å². The first kappa shape index (κ1) is 18.6. The number of nitro benzene ring substituents is 2. The van der Waals surface area contributed by atoms with Crippen molar-refractivity contribution in [1.29, 1.82) is 0 Å². The maximum atomic E-state index is 13.7. The van der Waals surface area contributed by atoms with Crippen molar-refractivity contribution in [1.82, 2.24) is 4.98 Å². The van der Waals surface area contributed by atoms with Gasteiger partial charge in [-0.1, -0.05) is 0 Å². The van der Waals surface area contributed by atoms with Crippen molar-refractivity contribution in [2.75, 3.05) is 11.9 Å². The molecule has 1 heterocycles. The van der Waals surface area contributed by atoms with E-state index in [0.717, 1.165) is 18.2 Å². The van der Waals surface area contributed by atoms with E-state index in [4.69, 9.17) is 4.74 Å². The fraction of sp³-hybridized carbons (Fsp3) is 0.0588. The highest BCUT2D eigenvalue weighted by Crippen LogP contribution is 2.31. The summed E-state index contributed by atoms with van der Waals surface area (Å²) in [5.41, 5.74) is -0.734. The number of fused-ring (bicyclic) bond motifs is 1. The lowest BCUT2D eigenvalue weighted by atomic mass is 10.1. The van der Waals surface area contributed by atoms with E-state index in [1.807, 2.05) is 0 Å². The maximum absolute atomic E-state index is 13.7. The molecule has 0 aliphatic rings. The molecule has 142 valence electrons. The Morgan fingerprint density at radius 3 is 2.64 bits per heavy atom. The molecule has 0 spiro atoms. The molecule has 0 aliphatic heterocycles. The van der Waals surface area contributed by atoms with Crippen molar-refractivity contribution in [2.45, 2.75) is 0 Å². The molecule has 10 nitrogen and oxygen atoms in total. The number of nitro groups is 2. The number of hydrogen-bond acceptors (Lipinski definition) is 7. The first-order chi connectivity index (χ1) is 13.4. The molecule has 0 bridgehead atoms. The van der Waals surface area contributed by atoms with Crippen molar-refractivity contribution >= 4 is 33.9 Å². The number of anilines is 1. The SMILES string of the molecule is O=C(COc1ccc([N+](=O)[O-])c2cccnc12)Nc1cc([N+](=O)[O-])ccc1F. The van der Waals surface area contributed by atoms with E-state index in [1.54, 1.807) is 0 Å². The number of nitrogens with one attached hydrogen (secondary N) is 1. The molecular weight excluding hydrogens is 375 g/mol. The van der Waals surface area contributed by atoms with E-state index in [0.29, 0.717) is 0 Å². The van der Waals surface area contributed by atoms with Crippen LogP contribution in [0.2, 0.25) is 0 Å². The van der Waals surface area contributed by atoms with Crippen LogP contribution in [0, 0.1) is 26.0 Å². The highest BCUT2D eigenvalue weighted by atomic mass is 19.1. The van der Waals surface area contributed by atoms with E-state index in [-0.39, 0.29) is 33.7 Å². The van der Waals surface area contributed by atoms with Crippen molar-refractivity contribution in [2.24, 2.45) is 0 Å². The molecule has 11 heteroatoms. The zero-order valence-electron chi connectivity index (χ0n) is 14.0. The number of benzene rings is 2. The molecule has 3 aromatic rings. The Morgan fingerprint density at radius 2 is 1.93 bits per heavy atom. The number of amides is 1. The summed E-state index contributed by atoms with van der Waals surface area (Å²) in [6.45, 7) is -0.564. The Labute approximate surface area is 155 Å². The second kappa shape index (κ2) is 7.61. The Hall–Kier alpha value is -4.15. The van der Waals surface area contributed by atoms with E-state index in [2.05, 4.69) is 10.3 Å². The summed E-state index contributed by atoms with van der Waals surface area (Å²) >= 11 is 0. The average molecular weight is 386 g/mol. The molecule has 3 rings (SSSR count). The quantitative estimate of drug-likeness (QED) is 0.507. The lowest BCUT2D eigenvalue weighted by Crippen LogP contribution is -2.21. The summed E-state index contributed by atoms with van der Waals surface area (Å²) in [7, 11) is 0. The molecule has 0 saturated carbocycles. The highest BCUT2D eigenvalue weighted by molar-refractivity contribution is 5.94. The number of halogens is 1. The monoisotopic (exact) mass is 386 g/mol. The molecule has 0 saturated heterocycles. The van der Waals surface area contributed by atoms with Crippen molar-refractivity contribution in [3.8, 4) is 5.75 Å². The average Bonchev–Trinajstić information content (AvgIpc) is 2.67. The summed E-state index contributed by atoms with van der Waals surface area (Å²) in [4.78, 5) is 36.6. The summed E-state index contributed by atoms with van der Waals surface area (Å²) in [6.07, 6.45) is 1.41. The first-order valence-corrected chi connectivity index (χ1v) is 7.75. The smallest absolute Gasteiger partial charge is 0.279 e. The summed E-state index contributed by atoms with van der Waals surface area (Å²) in [5, 5.41) is 24.3. The fourth-order valence-corrected chi connectivity index (χ4v) is 2.46. The van der Waals surface area contributed by atoms with Gasteiger partial charge >= 0.3 is 0 Å². The molecule has 0 aliphatic carbocycles. The van der Waals surface area contributed by atoms with Gasteiger partial charge in [0.25, 0.3) is 17.3 Å². The molecule has 28 heavy (non-hydrogen) atoms. The number of pyridine rings is 1. The third-order valence-corrected chi connectivity index (χ3v) is 3.70. The van der Waals surface area contributed by atoms with Gasteiger partial charge in [-0.25, -0.2) is 4.39 Å². The first-order valence-electron chi connectivity index (χ1n) is 7.75. The minimum absolute atomic E-state index is 0.121. The molecule has 1 aromatic heterocycles. The molecular formula is C17H11FN4O6. The maximum Gasteiger partial charge on any atom is 0.279 e. The van der Waals surface area contributed by atoms with Crippen LogP contribution in [0.15, 0.2) is 48.7 Å². The van der Waals surface area contributed by atoms with Gasteiger partial charge in [-0.2, -0.15) is 0 Å². The van der Waals surface area contributed by atoms with E-state index in [1.165, 1.54) is 30.5 Å². The predicted octanol–water partition coefficient (Wildman–Crippen LogP) is 3.21. The normalized spacial score (nSPS) is 10.5. The highest BCUT2D eigenvalue weighted by Gasteiger charge is 2.17. The van der Waals surface area contributed by atoms with Crippen molar-refractivity contribution in [3.05, 3.63) is 74.7 Å². The second-order valence-electron chi connectivity index (χ2n) is 5.50. The van der Waals surface area contributed by atoms with Crippen molar-refractivity contribution in [3.63, 3.8) is 0 Å². The van der Waals surface area contributed by atoms with Gasteiger partial charge in [0.15, 0.2) is 6.61 Å².